The lowest BCUT2D eigenvalue weighted by Crippen LogP contribution is -2.23. The molecule has 2 rings (SSSR count). The number of halogens is 3. The van der Waals surface area contributed by atoms with Crippen molar-refractivity contribution in [2.45, 2.75) is 6.18 Å². The monoisotopic (exact) mass is 151 g/mol. The number of nitrogens with one attached hydrogen (secondary N) is 1. The minimum atomic E-state index is -3.93. The van der Waals surface area contributed by atoms with Crippen LogP contribution in [0.1, 0.15) is 0 Å². The standard InChI is InChI=1S/C6H8F3N/c7-6(8,9)5-3-1-10-2-4(3)5/h3-5,10H,1-2H2/t3-,4-/m0/s1. The summed E-state index contributed by atoms with van der Waals surface area (Å²) < 4.78 is 35.8. The van der Waals surface area contributed by atoms with Gasteiger partial charge in [0.2, 0.25) is 0 Å². The van der Waals surface area contributed by atoms with E-state index in [1.54, 1.807) is 0 Å². The molecule has 1 heterocycles. The molecule has 4 heteroatoms. The second-order valence-corrected chi connectivity index (χ2v) is 3.05. The molecule has 0 aromatic heterocycles. The summed E-state index contributed by atoms with van der Waals surface area (Å²) in [4.78, 5) is 0. The van der Waals surface area contributed by atoms with Gasteiger partial charge in [-0.2, -0.15) is 13.2 Å². The molecule has 1 N–H and O–H groups in total. The summed E-state index contributed by atoms with van der Waals surface area (Å²) in [6.07, 6.45) is -3.93. The smallest absolute Gasteiger partial charge is 0.316 e. The van der Waals surface area contributed by atoms with E-state index in [1.165, 1.54) is 0 Å². The minimum absolute atomic E-state index is 0.0972. The molecule has 0 radical (unpaired) electrons. The molecule has 1 aliphatic carbocycles. The molecule has 2 fully saturated rings. The summed E-state index contributed by atoms with van der Waals surface area (Å²) in [6, 6.07) is 0. The van der Waals surface area contributed by atoms with Crippen molar-refractivity contribution < 1.29 is 13.2 Å². The Kier molecular flexibility index (Phi) is 1.08. The van der Waals surface area contributed by atoms with E-state index in [-0.39, 0.29) is 11.8 Å². The van der Waals surface area contributed by atoms with Gasteiger partial charge in [0.1, 0.15) is 0 Å². The largest absolute Gasteiger partial charge is 0.392 e. The van der Waals surface area contributed by atoms with Crippen molar-refractivity contribution in [1.29, 1.82) is 0 Å². The van der Waals surface area contributed by atoms with Crippen LogP contribution in [0.25, 0.3) is 0 Å². The predicted molar refractivity (Wildman–Crippen MR) is 29.4 cm³/mol. The summed E-state index contributed by atoms with van der Waals surface area (Å²) in [5, 5.41) is 2.92. The summed E-state index contributed by atoms with van der Waals surface area (Å²) >= 11 is 0. The van der Waals surface area contributed by atoms with Crippen molar-refractivity contribution in [2.24, 2.45) is 17.8 Å². The molecule has 1 saturated heterocycles. The Bertz CT molecular complexity index is 144. The molecule has 2 aliphatic rings. The van der Waals surface area contributed by atoms with Gasteiger partial charge in [0.05, 0.1) is 5.92 Å². The number of rotatable bonds is 0. The van der Waals surface area contributed by atoms with Gasteiger partial charge in [-0.05, 0) is 24.9 Å². The minimum Gasteiger partial charge on any atom is -0.316 e. The third-order valence-electron chi connectivity index (χ3n) is 2.47. The van der Waals surface area contributed by atoms with Gasteiger partial charge in [0.25, 0.3) is 0 Å². The Morgan fingerprint density at radius 2 is 1.60 bits per heavy atom. The van der Waals surface area contributed by atoms with Crippen molar-refractivity contribution in [3.8, 4) is 0 Å². The Hall–Kier alpha value is -0.250. The number of piperidine rings is 1. The highest BCUT2D eigenvalue weighted by Gasteiger charge is 2.65. The van der Waals surface area contributed by atoms with E-state index in [9.17, 15) is 13.2 Å². The van der Waals surface area contributed by atoms with Crippen LogP contribution < -0.4 is 5.32 Å². The highest BCUT2D eigenvalue weighted by Crippen LogP contribution is 2.56. The van der Waals surface area contributed by atoms with Crippen LogP contribution in [0.5, 0.6) is 0 Å². The third kappa shape index (κ3) is 0.746. The highest BCUT2D eigenvalue weighted by atomic mass is 19.4. The Morgan fingerprint density at radius 1 is 1.10 bits per heavy atom. The van der Waals surface area contributed by atoms with Crippen LogP contribution in [-0.2, 0) is 0 Å². The summed E-state index contributed by atoms with van der Waals surface area (Å²) in [5.41, 5.74) is 0. The van der Waals surface area contributed by atoms with Crippen molar-refractivity contribution in [2.75, 3.05) is 13.1 Å². The van der Waals surface area contributed by atoms with E-state index in [4.69, 9.17) is 0 Å². The highest BCUT2D eigenvalue weighted by molar-refractivity contribution is 5.06. The molecule has 58 valence electrons. The number of alkyl halides is 3. The number of fused-ring (bicyclic) bond motifs is 1. The van der Waals surface area contributed by atoms with Gasteiger partial charge in [0, 0.05) is 0 Å². The SMILES string of the molecule is FC(F)(F)C1[C@H]2CNC[C@H]12. The van der Waals surface area contributed by atoms with Gasteiger partial charge in [-0.1, -0.05) is 0 Å². The predicted octanol–water partition coefficient (Wildman–Crippen LogP) is 1.01. The lowest BCUT2D eigenvalue weighted by Gasteiger charge is -2.07. The van der Waals surface area contributed by atoms with Crippen LogP contribution in [0.4, 0.5) is 13.2 Å². The van der Waals surface area contributed by atoms with E-state index >= 15 is 0 Å². The molecule has 0 aromatic carbocycles. The lowest BCUT2D eigenvalue weighted by atomic mass is 10.3. The Morgan fingerprint density at radius 3 is 1.90 bits per heavy atom. The molecule has 2 atom stereocenters. The maximum atomic E-state index is 11.9. The van der Waals surface area contributed by atoms with Crippen LogP contribution in [0, 0.1) is 17.8 Å². The molecule has 0 amide bonds. The van der Waals surface area contributed by atoms with Gasteiger partial charge < -0.3 is 5.32 Å². The Labute approximate surface area is 56.6 Å². The lowest BCUT2D eigenvalue weighted by molar-refractivity contribution is -0.154. The van der Waals surface area contributed by atoms with Crippen LogP contribution in [0.15, 0.2) is 0 Å². The second-order valence-electron chi connectivity index (χ2n) is 3.05. The van der Waals surface area contributed by atoms with Crippen molar-refractivity contribution in [1.82, 2.24) is 5.32 Å². The first-order valence-corrected chi connectivity index (χ1v) is 3.38. The first-order valence-electron chi connectivity index (χ1n) is 3.38. The molecule has 0 bridgehead atoms. The van der Waals surface area contributed by atoms with Crippen LogP contribution in [0.3, 0.4) is 0 Å². The van der Waals surface area contributed by atoms with E-state index in [0.29, 0.717) is 13.1 Å². The molecule has 1 nitrogen and oxygen atoms in total. The Balaban J connectivity index is 2.01. The summed E-state index contributed by atoms with van der Waals surface area (Å²) in [5.74, 6) is -1.17. The van der Waals surface area contributed by atoms with Gasteiger partial charge in [-0.25, -0.2) is 0 Å². The zero-order valence-electron chi connectivity index (χ0n) is 5.28. The molecule has 10 heavy (non-hydrogen) atoms. The fourth-order valence-electron chi connectivity index (χ4n) is 1.90. The van der Waals surface area contributed by atoms with Crippen molar-refractivity contribution in [3.63, 3.8) is 0 Å². The van der Waals surface area contributed by atoms with E-state index in [2.05, 4.69) is 5.32 Å². The third-order valence-corrected chi connectivity index (χ3v) is 2.47. The van der Waals surface area contributed by atoms with E-state index in [1.807, 2.05) is 0 Å². The fourth-order valence-corrected chi connectivity index (χ4v) is 1.90. The average Bonchev–Trinajstić information content (AvgIpc) is 2.30. The molecule has 0 unspecified atom stereocenters. The van der Waals surface area contributed by atoms with Gasteiger partial charge >= 0.3 is 6.18 Å². The molecular weight excluding hydrogens is 143 g/mol. The molecule has 1 aliphatic heterocycles. The molecular formula is C6H8F3N. The van der Waals surface area contributed by atoms with Gasteiger partial charge in [0.15, 0.2) is 0 Å². The topological polar surface area (TPSA) is 12.0 Å². The molecule has 0 spiro atoms. The van der Waals surface area contributed by atoms with Gasteiger partial charge in [-0.3, -0.25) is 0 Å². The van der Waals surface area contributed by atoms with Crippen LogP contribution in [0.2, 0.25) is 0 Å². The summed E-state index contributed by atoms with van der Waals surface area (Å²) in [6.45, 7) is 1.13. The zero-order valence-corrected chi connectivity index (χ0v) is 5.28. The first-order chi connectivity index (χ1) is 4.61. The number of hydrogen-bond donors (Lipinski definition) is 1. The van der Waals surface area contributed by atoms with E-state index in [0.717, 1.165) is 0 Å². The second kappa shape index (κ2) is 1.67. The maximum Gasteiger partial charge on any atom is 0.392 e. The normalized spacial score (nSPS) is 45.3. The zero-order chi connectivity index (χ0) is 7.35. The summed E-state index contributed by atoms with van der Waals surface area (Å²) in [7, 11) is 0. The maximum absolute atomic E-state index is 11.9. The average molecular weight is 151 g/mol. The quantitative estimate of drug-likeness (QED) is 0.545. The molecule has 1 saturated carbocycles. The molecule has 0 aromatic rings. The van der Waals surface area contributed by atoms with Crippen molar-refractivity contribution in [3.05, 3.63) is 0 Å². The number of hydrogen-bond acceptors (Lipinski definition) is 1. The van der Waals surface area contributed by atoms with Crippen LogP contribution in [-0.4, -0.2) is 19.3 Å². The van der Waals surface area contributed by atoms with Crippen LogP contribution >= 0.6 is 0 Å². The fraction of sp³-hybridized carbons (Fsp3) is 1.00. The first kappa shape index (κ1) is 6.46. The van der Waals surface area contributed by atoms with E-state index < -0.39 is 12.1 Å². The van der Waals surface area contributed by atoms with Gasteiger partial charge in [-0.15, -0.1) is 0 Å². The van der Waals surface area contributed by atoms with Crippen molar-refractivity contribution >= 4 is 0 Å².